The van der Waals surface area contributed by atoms with Crippen LogP contribution in [0.25, 0.3) is 11.0 Å². The van der Waals surface area contributed by atoms with Gasteiger partial charge in [0.25, 0.3) is 15.9 Å². The van der Waals surface area contributed by atoms with Crippen molar-refractivity contribution in [2.24, 2.45) is 14.1 Å². The first kappa shape index (κ1) is 17.9. The highest BCUT2D eigenvalue weighted by Crippen LogP contribution is 2.18. The van der Waals surface area contributed by atoms with Crippen molar-refractivity contribution in [3.05, 3.63) is 46.2 Å². The number of methoxy groups -OCH3 is 1. The number of amides is 1. The fourth-order valence-electron chi connectivity index (χ4n) is 2.57. The fraction of sp³-hybridized carbons (Fsp3) is 0.267. The maximum absolute atomic E-state index is 12.5. The molecule has 10 nitrogen and oxygen atoms in total. The molecule has 0 unspecified atom stereocenters. The zero-order valence-electron chi connectivity index (χ0n) is 14.2. The van der Waals surface area contributed by atoms with E-state index in [4.69, 9.17) is 9.26 Å². The van der Waals surface area contributed by atoms with E-state index in [0.717, 1.165) is 6.26 Å². The molecule has 0 bridgehead atoms. The Kier molecular flexibility index (Phi) is 4.42. The van der Waals surface area contributed by atoms with Gasteiger partial charge in [-0.05, 0) is 18.2 Å². The number of hydrogen-bond donors (Lipinski definition) is 1. The van der Waals surface area contributed by atoms with E-state index in [9.17, 15) is 18.0 Å². The van der Waals surface area contributed by atoms with Gasteiger partial charge in [0, 0.05) is 21.2 Å². The molecule has 0 aliphatic rings. The van der Waals surface area contributed by atoms with Gasteiger partial charge in [-0.1, -0.05) is 5.16 Å². The molecule has 1 aromatic carbocycles. The minimum Gasteiger partial charge on any atom is -0.378 e. The molecule has 0 aliphatic heterocycles. The van der Waals surface area contributed by atoms with Crippen LogP contribution in [0.2, 0.25) is 0 Å². The summed E-state index contributed by atoms with van der Waals surface area (Å²) < 4.78 is 39.4. The number of hydrogen-bond acceptors (Lipinski definition) is 7. The predicted molar refractivity (Wildman–Crippen MR) is 90.0 cm³/mol. The molecule has 3 aromatic rings. The smallest absolute Gasteiger partial charge is 0.328 e. The Hall–Kier alpha value is -2.92. The minimum absolute atomic E-state index is 0.00259. The number of aromatic nitrogens is 3. The Labute approximate surface area is 148 Å². The number of imidazole rings is 1. The standard InChI is InChI=1S/C15H16N4O6S/c1-18-12-5-4-9(6-13(12)19(2)15(18)21)26(22,23)17-14(20)10-7-25-16-11(10)8-24-3/h4-7H,8H2,1-3H3,(H,17,20). The van der Waals surface area contributed by atoms with Crippen LogP contribution >= 0.6 is 0 Å². The Morgan fingerprint density at radius 3 is 2.65 bits per heavy atom. The lowest BCUT2D eigenvalue weighted by Crippen LogP contribution is -2.31. The molecular weight excluding hydrogens is 364 g/mol. The van der Waals surface area contributed by atoms with E-state index in [-0.39, 0.29) is 28.4 Å². The number of nitrogens with one attached hydrogen (secondary N) is 1. The van der Waals surface area contributed by atoms with Gasteiger partial charge in [0.15, 0.2) is 0 Å². The van der Waals surface area contributed by atoms with Crippen LogP contribution in [0, 0.1) is 0 Å². The number of carbonyl (C=O) groups is 1. The van der Waals surface area contributed by atoms with Crippen molar-refractivity contribution in [2.75, 3.05) is 7.11 Å². The number of aryl methyl sites for hydroxylation is 2. The van der Waals surface area contributed by atoms with Crippen molar-refractivity contribution in [2.45, 2.75) is 11.5 Å². The van der Waals surface area contributed by atoms with Crippen LogP contribution in [0.4, 0.5) is 0 Å². The van der Waals surface area contributed by atoms with E-state index >= 15 is 0 Å². The highest BCUT2D eigenvalue weighted by Gasteiger charge is 2.24. The van der Waals surface area contributed by atoms with Crippen molar-refractivity contribution in [1.82, 2.24) is 19.0 Å². The summed E-state index contributed by atoms with van der Waals surface area (Å²) >= 11 is 0. The molecule has 0 aliphatic carbocycles. The van der Waals surface area contributed by atoms with E-state index in [1.165, 1.54) is 41.5 Å². The minimum atomic E-state index is -4.16. The van der Waals surface area contributed by atoms with Gasteiger partial charge in [0.05, 0.1) is 22.5 Å². The molecule has 26 heavy (non-hydrogen) atoms. The summed E-state index contributed by atoms with van der Waals surface area (Å²) in [7, 11) is 0.368. The Morgan fingerprint density at radius 1 is 1.27 bits per heavy atom. The van der Waals surface area contributed by atoms with Crippen LogP contribution in [0.5, 0.6) is 0 Å². The average molecular weight is 380 g/mol. The van der Waals surface area contributed by atoms with Gasteiger partial charge in [0.2, 0.25) is 0 Å². The first-order valence-electron chi connectivity index (χ1n) is 7.41. The second-order valence-corrected chi connectivity index (χ2v) is 7.28. The average Bonchev–Trinajstić information content (AvgIpc) is 3.14. The third-order valence-electron chi connectivity index (χ3n) is 3.95. The van der Waals surface area contributed by atoms with Gasteiger partial charge >= 0.3 is 5.69 Å². The molecule has 3 rings (SSSR count). The Bertz CT molecular complexity index is 1150. The van der Waals surface area contributed by atoms with Gasteiger partial charge in [-0.25, -0.2) is 17.9 Å². The van der Waals surface area contributed by atoms with Crippen LogP contribution in [0.15, 0.2) is 38.7 Å². The van der Waals surface area contributed by atoms with E-state index in [2.05, 4.69) is 5.16 Å². The summed E-state index contributed by atoms with van der Waals surface area (Å²) in [5.41, 5.74) is 0.860. The van der Waals surface area contributed by atoms with Gasteiger partial charge in [-0.3, -0.25) is 13.9 Å². The van der Waals surface area contributed by atoms with Crippen LogP contribution in [-0.2, 0) is 35.5 Å². The molecule has 0 saturated heterocycles. The summed E-state index contributed by atoms with van der Waals surface area (Å²) in [6, 6.07) is 4.16. The zero-order chi connectivity index (χ0) is 19.1. The summed E-state index contributed by atoms with van der Waals surface area (Å²) in [6.45, 7) is -0.00259. The number of nitrogens with zero attached hydrogens (tertiary/aromatic N) is 3. The number of ether oxygens (including phenoxy) is 1. The largest absolute Gasteiger partial charge is 0.378 e. The monoisotopic (exact) mass is 380 g/mol. The van der Waals surface area contributed by atoms with E-state index in [0.29, 0.717) is 11.0 Å². The summed E-state index contributed by atoms with van der Waals surface area (Å²) in [5.74, 6) is -0.889. The van der Waals surface area contributed by atoms with Gasteiger partial charge in [-0.15, -0.1) is 0 Å². The highest BCUT2D eigenvalue weighted by atomic mass is 32.2. The number of rotatable bonds is 5. The Balaban J connectivity index is 1.96. The fourth-order valence-corrected chi connectivity index (χ4v) is 3.56. The van der Waals surface area contributed by atoms with Crippen molar-refractivity contribution in [3.63, 3.8) is 0 Å². The number of benzene rings is 1. The van der Waals surface area contributed by atoms with Crippen LogP contribution in [0.3, 0.4) is 0 Å². The second kappa shape index (κ2) is 6.42. The molecule has 0 saturated carbocycles. The van der Waals surface area contributed by atoms with Gasteiger partial charge in [0.1, 0.15) is 17.5 Å². The molecule has 0 fully saturated rings. The summed E-state index contributed by atoms with van der Waals surface area (Å²) in [4.78, 5) is 24.1. The zero-order valence-corrected chi connectivity index (χ0v) is 15.0. The SMILES string of the molecule is COCc1nocc1C(=O)NS(=O)(=O)c1ccc2c(c1)n(C)c(=O)n2C. The van der Waals surface area contributed by atoms with Crippen molar-refractivity contribution in [3.8, 4) is 0 Å². The van der Waals surface area contributed by atoms with E-state index in [1.807, 2.05) is 4.72 Å². The lowest BCUT2D eigenvalue weighted by atomic mass is 10.2. The van der Waals surface area contributed by atoms with Crippen molar-refractivity contribution in [1.29, 1.82) is 0 Å². The lowest BCUT2D eigenvalue weighted by Gasteiger charge is -2.07. The maximum atomic E-state index is 12.5. The normalized spacial score (nSPS) is 11.8. The molecule has 0 spiro atoms. The molecule has 2 aromatic heterocycles. The number of sulfonamides is 1. The Morgan fingerprint density at radius 2 is 1.96 bits per heavy atom. The molecule has 2 heterocycles. The van der Waals surface area contributed by atoms with Gasteiger partial charge in [-0.2, -0.15) is 0 Å². The molecule has 0 atom stereocenters. The van der Waals surface area contributed by atoms with E-state index in [1.54, 1.807) is 7.05 Å². The molecular formula is C15H16N4O6S. The molecule has 0 radical (unpaired) electrons. The van der Waals surface area contributed by atoms with Crippen molar-refractivity contribution >= 4 is 27.0 Å². The van der Waals surface area contributed by atoms with Crippen molar-refractivity contribution < 1.29 is 22.5 Å². The third kappa shape index (κ3) is 2.91. The second-order valence-electron chi connectivity index (χ2n) is 5.59. The molecule has 138 valence electrons. The summed E-state index contributed by atoms with van der Waals surface area (Å²) in [5, 5.41) is 3.60. The molecule has 11 heteroatoms. The number of fused-ring (bicyclic) bond motifs is 1. The molecule has 1 N–H and O–H groups in total. The molecule has 1 amide bonds. The van der Waals surface area contributed by atoms with Crippen LogP contribution in [-0.4, -0.2) is 35.7 Å². The predicted octanol–water partition coefficient (Wildman–Crippen LogP) is 0.130. The quantitative estimate of drug-likeness (QED) is 0.667. The topological polar surface area (TPSA) is 125 Å². The first-order chi connectivity index (χ1) is 12.3. The van der Waals surface area contributed by atoms with E-state index < -0.39 is 15.9 Å². The third-order valence-corrected chi connectivity index (χ3v) is 5.28. The van der Waals surface area contributed by atoms with Gasteiger partial charge < -0.3 is 9.26 Å². The highest BCUT2D eigenvalue weighted by molar-refractivity contribution is 7.90. The number of carbonyl (C=O) groups excluding carboxylic acids is 1. The first-order valence-corrected chi connectivity index (χ1v) is 8.89. The van der Waals surface area contributed by atoms with Crippen LogP contribution < -0.4 is 10.4 Å². The summed E-state index contributed by atoms with van der Waals surface area (Å²) in [6.07, 6.45) is 1.04. The lowest BCUT2D eigenvalue weighted by molar-refractivity contribution is 0.0976. The van der Waals surface area contributed by atoms with Crippen LogP contribution in [0.1, 0.15) is 16.1 Å². The maximum Gasteiger partial charge on any atom is 0.328 e.